The van der Waals surface area contributed by atoms with Crippen LogP contribution in [0.1, 0.15) is 29.8 Å². The topological polar surface area (TPSA) is 92.1 Å². The van der Waals surface area contributed by atoms with Crippen LogP contribution in [0.5, 0.6) is 0 Å². The molecule has 2 aromatic heterocycles. The summed E-state index contributed by atoms with van der Waals surface area (Å²) in [6, 6.07) is 7.37. The van der Waals surface area contributed by atoms with Gasteiger partial charge < -0.3 is 15.7 Å². The van der Waals surface area contributed by atoms with Crippen LogP contribution in [0.4, 0.5) is 14.6 Å². The van der Waals surface area contributed by atoms with E-state index in [4.69, 9.17) is 0 Å². The highest BCUT2D eigenvalue weighted by Crippen LogP contribution is 2.25. The number of anilines is 1. The summed E-state index contributed by atoms with van der Waals surface area (Å²) in [5, 5.41) is 19.3. The van der Waals surface area contributed by atoms with Crippen LogP contribution in [0, 0.1) is 17.0 Å². The van der Waals surface area contributed by atoms with E-state index < -0.39 is 17.1 Å². The molecule has 0 saturated carbocycles. The zero-order chi connectivity index (χ0) is 23.3. The quantitative estimate of drug-likeness (QED) is 0.473. The van der Waals surface area contributed by atoms with Crippen LogP contribution in [-0.2, 0) is 13.5 Å². The van der Waals surface area contributed by atoms with E-state index in [0.717, 1.165) is 11.6 Å². The van der Waals surface area contributed by atoms with Crippen LogP contribution in [0.25, 0.3) is 11.3 Å². The van der Waals surface area contributed by atoms with Gasteiger partial charge in [0, 0.05) is 43.9 Å². The second kappa shape index (κ2) is 9.86. The lowest BCUT2D eigenvalue weighted by Crippen LogP contribution is -2.36. The summed E-state index contributed by atoms with van der Waals surface area (Å²) in [6.07, 6.45) is 3.61. The van der Waals surface area contributed by atoms with Gasteiger partial charge in [0.15, 0.2) is 5.82 Å². The number of pyridine rings is 1. The SMILES string of the molecule is Cn1cc(-c2nc(NCCc3cccc(F)c3)c(C(=O)NCC(C)(C)CO)cc2F)cn1. The number of benzene rings is 1. The molecule has 2 heterocycles. The summed E-state index contributed by atoms with van der Waals surface area (Å²) in [7, 11) is 1.71. The Kier molecular flexibility index (Phi) is 7.19. The van der Waals surface area contributed by atoms with Gasteiger partial charge in [0.05, 0.1) is 11.8 Å². The van der Waals surface area contributed by atoms with Crippen LogP contribution in [-0.4, -0.2) is 45.5 Å². The lowest BCUT2D eigenvalue weighted by molar-refractivity contribution is 0.0911. The van der Waals surface area contributed by atoms with E-state index in [1.54, 1.807) is 39.2 Å². The van der Waals surface area contributed by atoms with Crippen molar-refractivity contribution < 1.29 is 18.7 Å². The van der Waals surface area contributed by atoms with Gasteiger partial charge in [-0.25, -0.2) is 13.8 Å². The maximum Gasteiger partial charge on any atom is 0.255 e. The summed E-state index contributed by atoms with van der Waals surface area (Å²) in [4.78, 5) is 17.2. The summed E-state index contributed by atoms with van der Waals surface area (Å²) < 4.78 is 29.8. The number of aryl methyl sites for hydroxylation is 1. The lowest BCUT2D eigenvalue weighted by Gasteiger charge is -2.22. The standard InChI is InChI=1S/C23H27F2N5O2/c1-23(2,14-31)13-27-22(32)18-10-19(25)20(16-11-28-30(3)12-16)29-21(18)26-8-7-15-5-4-6-17(24)9-15/h4-6,9-12,31H,7-8,13-14H2,1-3H3,(H,26,29)(H,27,32). The van der Waals surface area contributed by atoms with Crippen molar-refractivity contribution in [1.29, 1.82) is 0 Å². The molecule has 0 fully saturated rings. The maximum atomic E-state index is 14.9. The molecule has 0 radical (unpaired) electrons. The fourth-order valence-electron chi connectivity index (χ4n) is 3.03. The molecule has 9 heteroatoms. The van der Waals surface area contributed by atoms with Crippen molar-refractivity contribution in [2.45, 2.75) is 20.3 Å². The average molecular weight is 443 g/mol. The molecule has 0 saturated heterocycles. The van der Waals surface area contributed by atoms with Gasteiger partial charge in [0.25, 0.3) is 5.91 Å². The first-order chi connectivity index (χ1) is 15.2. The van der Waals surface area contributed by atoms with E-state index in [1.807, 2.05) is 0 Å². The predicted molar refractivity (Wildman–Crippen MR) is 118 cm³/mol. The lowest BCUT2D eigenvalue weighted by atomic mass is 9.95. The Morgan fingerprint density at radius 1 is 1.25 bits per heavy atom. The number of aromatic nitrogens is 3. The molecule has 3 aromatic rings. The van der Waals surface area contributed by atoms with Crippen molar-refractivity contribution >= 4 is 11.7 Å². The number of aliphatic hydroxyl groups excluding tert-OH is 1. The van der Waals surface area contributed by atoms with Crippen LogP contribution in [0.2, 0.25) is 0 Å². The Labute approximate surface area is 185 Å². The normalized spacial score (nSPS) is 11.4. The highest BCUT2D eigenvalue weighted by molar-refractivity contribution is 5.99. The first-order valence-electron chi connectivity index (χ1n) is 10.3. The van der Waals surface area contributed by atoms with Gasteiger partial charge in [-0.2, -0.15) is 5.10 Å². The molecule has 170 valence electrons. The summed E-state index contributed by atoms with van der Waals surface area (Å²) in [5.74, 6) is -1.28. The molecule has 32 heavy (non-hydrogen) atoms. The van der Waals surface area contributed by atoms with Gasteiger partial charge in [-0.1, -0.05) is 26.0 Å². The van der Waals surface area contributed by atoms with Gasteiger partial charge >= 0.3 is 0 Å². The molecule has 0 aliphatic carbocycles. The number of carbonyl (C=O) groups is 1. The fraction of sp³-hybridized carbons (Fsp3) is 0.348. The third-order valence-corrected chi connectivity index (χ3v) is 4.95. The minimum atomic E-state index is -0.653. The zero-order valence-electron chi connectivity index (χ0n) is 18.3. The van der Waals surface area contributed by atoms with Gasteiger partial charge in [0.2, 0.25) is 0 Å². The fourth-order valence-corrected chi connectivity index (χ4v) is 3.03. The second-order valence-electron chi connectivity index (χ2n) is 8.43. The zero-order valence-corrected chi connectivity index (χ0v) is 18.3. The van der Waals surface area contributed by atoms with E-state index in [9.17, 15) is 18.7 Å². The molecule has 7 nitrogen and oxygen atoms in total. The van der Waals surface area contributed by atoms with Crippen LogP contribution < -0.4 is 10.6 Å². The van der Waals surface area contributed by atoms with E-state index in [2.05, 4.69) is 20.7 Å². The number of nitrogens with one attached hydrogen (secondary N) is 2. The first kappa shape index (κ1) is 23.3. The number of amides is 1. The maximum absolute atomic E-state index is 14.9. The van der Waals surface area contributed by atoms with Crippen molar-refractivity contribution in [3.8, 4) is 11.3 Å². The summed E-state index contributed by atoms with van der Waals surface area (Å²) in [5.41, 5.74) is 0.846. The summed E-state index contributed by atoms with van der Waals surface area (Å²) >= 11 is 0. The average Bonchev–Trinajstić information content (AvgIpc) is 3.19. The van der Waals surface area contributed by atoms with Crippen molar-refractivity contribution in [3.63, 3.8) is 0 Å². The molecule has 0 aliphatic rings. The number of hydrogen-bond donors (Lipinski definition) is 3. The van der Waals surface area contributed by atoms with Crippen molar-refractivity contribution in [2.24, 2.45) is 12.5 Å². The van der Waals surface area contributed by atoms with E-state index in [-0.39, 0.29) is 36.0 Å². The number of aliphatic hydroxyl groups is 1. The number of rotatable bonds is 9. The number of carbonyl (C=O) groups excluding carboxylic acids is 1. The van der Waals surface area contributed by atoms with E-state index in [0.29, 0.717) is 18.5 Å². The molecule has 1 amide bonds. The van der Waals surface area contributed by atoms with Crippen LogP contribution in [0.15, 0.2) is 42.7 Å². The number of nitrogens with zero attached hydrogens (tertiary/aromatic N) is 3. The van der Waals surface area contributed by atoms with Gasteiger partial charge in [-0.15, -0.1) is 0 Å². The Bertz CT molecular complexity index is 1100. The molecular weight excluding hydrogens is 416 g/mol. The van der Waals surface area contributed by atoms with Crippen LogP contribution >= 0.6 is 0 Å². The largest absolute Gasteiger partial charge is 0.396 e. The first-order valence-corrected chi connectivity index (χ1v) is 10.3. The molecule has 0 atom stereocenters. The third-order valence-electron chi connectivity index (χ3n) is 4.95. The Balaban J connectivity index is 1.86. The molecule has 3 N–H and O–H groups in total. The molecule has 0 aliphatic heterocycles. The minimum Gasteiger partial charge on any atom is -0.396 e. The van der Waals surface area contributed by atoms with Crippen LogP contribution in [0.3, 0.4) is 0 Å². The smallest absolute Gasteiger partial charge is 0.255 e. The monoisotopic (exact) mass is 443 g/mol. The van der Waals surface area contributed by atoms with E-state index >= 15 is 0 Å². The molecule has 1 aromatic carbocycles. The molecule has 0 bridgehead atoms. The van der Waals surface area contributed by atoms with Gasteiger partial charge in [0.1, 0.15) is 17.3 Å². The highest BCUT2D eigenvalue weighted by Gasteiger charge is 2.22. The Hall–Kier alpha value is -3.33. The molecule has 0 spiro atoms. The molecule has 0 unspecified atom stereocenters. The molecular formula is C23H27F2N5O2. The van der Waals surface area contributed by atoms with Crippen molar-refractivity contribution in [3.05, 3.63) is 65.5 Å². The predicted octanol–water partition coefficient (Wildman–Crippen LogP) is 3.16. The minimum absolute atomic E-state index is 0.0446. The second-order valence-corrected chi connectivity index (χ2v) is 8.43. The highest BCUT2D eigenvalue weighted by atomic mass is 19.1. The Morgan fingerprint density at radius 3 is 2.69 bits per heavy atom. The number of halogens is 2. The van der Waals surface area contributed by atoms with Gasteiger partial charge in [-0.3, -0.25) is 9.48 Å². The van der Waals surface area contributed by atoms with Gasteiger partial charge in [-0.05, 0) is 30.2 Å². The van der Waals surface area contributed by atoms with E-state index in [1.165, 1.54) is 23.0 Å². The third kappa shape index (κ3) is 5.88. The number of hydrogen-bond acceptors (Lipinski definition) is 5. The Morgan fingerprint density at radius 2 is 2.03 bits per heavy atom. The molecule has 3 rings (SSSR count). The van der Waals surface area contributed by atoms with Crippen molar-refractivity contribution in [2.75, 3.05) is 25.0 Å². The summed E-state index contributed by atoms with van der Waals surface area (Å²) in [6.45, 7) is 4.05. The van der Waals surface area contributed by atoms with Crippen molar-refractivity contribution in [1.82, 2.24) is 20.1 Å².